The second kappa shape index (κ2) is 6.21. The van der Waals surface area contributed by atoms with Crippen LogP contribution in [-0.4, -0.2) is 32.6 Å². The van der Waals surface area contributed by atoms with Gasteiger partial charge in [0.15, 0.2) is 0 Å². The van der Waals surface area contributed by atoms with Crippen molar-refractivity contribution < 1.29 is 0 Å². The van der Waals surface area contributed by atoms with Crippen molar-refractivity contribution in [3.8, 4) is 11.8 Å². The standard InChI is InChI=1S/C13H14N6S/c1-9-17-8-19(18-9)12-4-3-11(5-10(12)6-14)16-7-13(15)20-2/h3-5,8,15-16H,7H2,1-2H3. The van der Waals surface area contributed by atoms with Crippen LogP contribution in [0.3, 0.4) is 0 Å². The number of hydrogen-bond acceptors (Lipinski definition) is 6. The lowest BCUT2D eigenvalue weighted by Crippen LogP contribution is -2.09. The summed E-state index contributed by atoms with van der Waals surface area (Å²) in [6, 6.07) is 7.59. The highest BCUT2D eigenvalue weighted by Gasteiger charge is 2.07. The molecule has 0 radical (unpaired) electrons. The number of aryl methyl sites for hydroxylation is 1. The Morgan fingerprint density at radius 3 is 2.95 bits per heavy atom. The van der Waals surface area contributed by atoms with E-state index < -0.39 is 0 Å². The maximum Gasteiger partial charge on any atom is 0.147 e. The Labute approximate surface area is 121 Å². The molecule has 0 saturated carbocycles. The first-order valence-electron chi connectivity index (χ1n) is 5.92. The highest BCUT2D eigenvalue weighted by Crippen LogP contribution is 2.18. The van der Waals surface area contributed by atoms with Crippen molar-refractivity contribution in [3.63, 3.8) is 0 Å². The van der Waals surface area contributed by atoms with Crippen LogP contribution in [0.2, 0.25) is 0 Å². The summed E-state index contributed by atoms with van der Waals surface area (Å²) in [5.41, 5.74) is 2.01. The number of aromatic nitrogens is 3. The van der Waals surface area contributed by atoms with Gasteiger partial charge in [-0.15, -0.1) is 11.8 Å². The summed E-state index contributed by atoms with van der Waals surface area (Å²) in [5, 5.41) is 24.7. The molecule has 0 spiro atoms. The number of hydrogen-bond donors (Lipinski definition) is 2. The molecule has 0 atom stereocenters. The maximum atomic E-state index is 9.25. The number of benzene rings is 1. The normalized spacial score (nSPS) is 10.1. The number of nitriles is 1. The third-order valence-corrected chi connectivity index (χ3v) is 3.31. The van der Waals surface area contributed by atoms with Crippen LogP contribution in [0.1, 0.15) is 11.4 Å². The van der Waals surface area contributed by atoms with Gasteiger partial charge in [0, 0.05) is 5.69 Å². The second-order valence-electron chi connectivity index (χ2n) is 4.06. The van der Waals surface area contributed by atoms with Crippen LogP contribution in [0.25, 0.3) is 5.69 Å². The van der Waals surface area contributed by atoms with Gasteiger partial charge in [-0.2, -0.15) is 10.4 Å². The van der Waals surface area contributed by atoms with Crippen LogP contribution < -0.4 is 5.32 Å². The van der Waals surface area contributed by atoms with Crippen LogP contribution in [0.4, 0.5) is 5.69 Å². The van der Waals surface area contributed by atoms with E-state index in [1.807, 2.05) is 18.4 Å². The third-order valence-electron chi connectivity index (χ3n) is 2.67. The molecule has 6 nitrogen and oxygen atoms in total. The molecule has 0 fully saturated rings. The van der Waals surface area contributed by atoms with E-state index in [0.717, 1.165) is 5.69 Å². The van der Waals surface area contributed by atoms with Gasteiger partial charge in [-0.3, -0.25) is 5.41 Å². The molecule has 0 unspecified atom stereocenters. The van der Waals surface area contributed by atoms with E-state index in [4.69, 9.17) is 5.41 Å². The largest absolute Gasteiger partial charge is 0.379 e. The van der Waals surface area contributed by atoms with E-state index in [0.29, 0.717) is 28.7 Å². The van der Waals surface area contributed by atoms with Gasteiger partial charge in [-0.25, -0.2) is 9.67 Å². The molecular weight excluding hydrogens is 272 g/mol. The Kier molecular flexibility index (Phi) is 4.38. The Hall–Kier alpha value is -2.33. The number of thioether (sulfide) groups is 1. The van der Waals surface area contributed by atoms with Gasteiger partial charge in [-0.05, 0) is 31.4 Å². The van der Waals surface area contributed by atoms with Gasteiger partial charge in [0.25, 0.3) is 0 Å². The smallest absolute Gasteiger partial charge is 0.147 e. The van der Waals surface area contributed by atoms with Crippen molar-refractivity contribution in [3.05, 3.63) is 35.9 Å². The van der Waals surface area contributed by atoms with Crippen molar-refractivity contribution in [2.24, 2.45) is 0 Å². The Balaban J connectivity index is 2.25. The fourth-order valence-electron chi connectivity index (χ4n) is 1.65. The minimum Gasteiger partial charge on any atom is -0.379 e. The van der Waals surface area contributed by atoms with Crippen molar-refractivity contribution in [1.29, 1.82) is 10.7 Å². The first-order chi connectivity index (χ1) is 9.63. The molecule has 0 bridgehead atoms. The molecule has 0 saturated heterocycles. The fourth-order valence-corrected chi connectivity index (χ4v) is 1.87. The summed E-state index contributed by atoms with van der Waals surface area (Å²) >= 11 is 1.39. The Bertz CT molecular complexity index is 670. The van der Waals surface area contributed by atoms with Gasteiger partial charge in [-0.1, -0.05) is 0 Å². The average molecular weight is 286 g/mol. The van der Waals surface area contributed by atoms with Crippen LogP contribution in [0.5, 0.6) is 0 Å². The highest BCUT2D eigenvalue weighted by atomic mass is 32.2. The lowest BCUT2D eigenvalue weighted by Gasteiger charge is -2.09. The summed E-state index contributed by atoms with van der Waals surface area (Å²) < 4.78 is 1.58. The molecule has 1 heterocycles. The van der Waals surface area contributed by atoms with Crippen molar-refractivity contribution in [2.45, 2.75) is 6.92 Å². The SMILES string of the molecule is CSC(=N)CNc1ccc(-n2cnc(C)n2)c(C#N)c1. The van der Waals surface area contributed by atoms with E-state index in [2.05, 4.69) is 21.5 Å². The molecule has 2 aromatic rings. The number of anilines is 1. The maximum absolute atomic E-state index is 9.25. The number of nitrogens with one attached hydrogen (secondary N) is 2. The molecule has 1 aromatic heterocycles. The van der Waals surface area contributed by atoms with Crippen LogP contribution in [0, 0.1) is 23.7 Å². The molecule has 2 N–H and O–H groups in total. The average Bonchev–Trinajstić information content (AvgIpc) is 2.90. The molecule has 1 aromatic carbocycles. The number of rotatable bonds is 4. The molecule has 0 aliphatic heterocycles. The molecular formula is C13H14N6S. The predicted octanol–water partition coefficient (Wildman–Crippen LogP) is 2.20. The van der Waals surface area contributed by atoms with E-state index >= 15 is 0 Å². The fraction of sp³-hybridized carbons (Fsp3) is 0.231. The van der Waals surface area contributed by atoms with Gasteiger partial charge in [0.1, 0.15) is 18.2 Å². The molecule has 20 heavy (non-hydrogen) atoms. The molecule has 7 heteroatoms. The zero-order valence-corrected chi connectivity index (χ0v) is 12.0. The van der Waals surface area contributed by atoms with E-state index in [9.17, 15) is 5.26 Å². The van der Waals surface area contributed by atoms with Crippen LogP contribution in [0.15, 0.2) is 24.5 Å². The first-order valence-corrected chi connectivity index (χ1v) is 7.14. The topological polar surface area (TPSA) is 90.4 Å². The summed E-state index contributed by atoms with van der Waals surface area (Å²) in [6.07, 6.45) is 3.45. The van der Waals surface area contributed by atoms with E-state index in [1.165, 1.54) is 11.8 Å². The van der Waals surface area contributed by atoms with Crippen molar-refractivity contribution in [1.82, 2.24) is 14.8 Å². The molecule has 0 aliphatic rings. The minimum absolute atomic E-state index is 0.452. The lowest BCUT2D eigenvalue weighted by atomic mass is 10.1. The Morgan fingerprint density at radius 2 is 2.35 bits per heavy atom. The van der Waals surface area contributed by atoms with Gasteiger partial charge >= 0.3 is 0 Å². The zero-order valence-electron chi connectivity index (χ0n) is 11.2. The van der Waals surface area contributed by atoms with E-state index in [-0.39, 0.29) is 0 Å². The molecule has 2 rings (SSSR count). The zero-order chi connectivity index (χ0) is 14.5. The highest BCUT2D eigenvalue weighted by molar-refractivity contribution is 8.13. The Morgan fingerprint density at radius 1 is 1.55 bits per heavy atom. The van der Waals surface area contributed by atoms with Crippen molar-refractivity contribution >= 4 is 22.5 Å². The molecule has 0 amide bonds. The van der Waals surface area contributed by atoms with Gasteiger partial charge in [0.2, 0.25) is 0 Å². The first kappa shape index (κ1) is 14.1. The predicted molar refractivity (Wildman–Crippen MR) is 80.5 cm³/mol. The number of nitrogens with zero attached hydrogens (tertiary/aromatic N) is 4. The monoisotopic (exact) mass is 286 g/mol. The third kappa shape index (κ3) is 3.16. The second-order valence-corrected chi connectivity index (χ2v) is 4.96. The lowest BCUT2D eigenvalue weighted by molar-refractivity contribution is 0.860. The summed E-state index contributed by atoms with van der Waals surface area (Å²) in [5.74, 6) is 0.657. The van der Waals surface area contributed by atoms with Crippen LogP contribution in [-0.2, 0) is 0 Å². The molecule has 102 valence electrons. The van der Waals surface area contributed by atoms with Crippen molar-refractivity contribution in [2.75, 3.05) is 18.1 Å². The van der Waals surface area contributed by atoms with E-state index in [1.54, 1.807) is 24.0 Å². The van der Waals surface area contributed by atoms with Crippen LogP contribution >= 0.6 is 11.8 Å². The summed E-state index contributed by atoms with van der Waals surface area (Å²) in [7, 11) is 0. The summed E-state index contributed by atoms with van der Waals surface area (Å²) in [6.45, 7) is 2.25. The van der Waals surface area contributed by atoms with Gasteiger partial charge in [0.05, 0.1) is 22.8 Å². The minimum atomic E-state index is 0.452. The van der Waals surface area contributed by atoms with Gasteiger partial charge < -0.3 is 5.32 Å². The summed E-state index contributed by atoms with van der Waals surface area (Å²) in [4.78, 5) is 4.06. The quantitative estimate of drug-likeness (QED) is 0.664. The molecule has 0 aliphatic carbocycles.